The number of hydrogen-bond acceptors (Lipinski definition) is 6. The third kappa shape index (κ3) is 1.15. The van der Waals surface area contributed by atoms with Gasteiger partial charge in [-0.3, -0.25) is 0 Å². The largest absolute Gasteiger partial charge is 0.387 e. The van der Waals surface area contributed by atoms with Crippen molar-refractivity contribution in [2.45, 2.75) is 54.9 Å². The zero-order chi connectivity index (χ0) is 11.4. The van der Waals surface area contributed by atoms with Crippen LogP contribution in [0.4, 0.5) is 0 Å². The van der Waals surface area contributed by atoms with Crippen LogP contribution in [0.25, 0.3) is 0 Å². The first-order chi connectivity index (χ1) is 6.84. The van der Waals surface area contributed by atoms with E-state index >= 15 is 0 Å². The van der Waals surface area contributed by atoms with E-state index in [0.29, 0.717) is 6.42 Å². The second kappa shape index (κ2) is 3.13. The molecule has 0 unspecified atom stereocenters. The van der Waals surface area contributed by atoms with Crippen LogP contribution in [-0.4, -0.2) is 66.3 Å². The zero-order valence-electron chi connectivity index (χ0n) is 8.11. The van der Waals surface area contributed by atoms with Crippen LogP contribution in [0.2, 0.25) is 0 Å². The Hall–Kier alpha value is -0.240. The lowest BCUT2D eigenvalue weighted by Crippen LogP contribution is -2.75. The van der Waals surface area contributed by atoms with E-state index in [1.807, 2.05) is 0 Å². The van der Waals surface area contributed by atoms with Gasteiger partial charge in [-0.25, -0.2) is 0 Å². The quantitative estimate of drug-likeness (QED) is 0.260. The Labute approximate surface area is 86.4 Å². The van der Waals surface area contributed by atoms with Crippen LogP contribution in [0.5, 0.6) is 0 Å². The first-order valence-electron chi connectivity index (χ1n) is 5.01. The van der Waals surface area contributed by atoms with Gasteiger partial charge < -0.3 is 30.6 Å². The van der Waals surface area contributed by atoms with E-state index in [9.17, 15) is 30.6 Å². The molecule has 15 heavy (non-hydrogen) atoms. The van der Waals surface area contributed by atoms with Crippen molar-refractivity contribution in [1.82, 2.24) is 0 Å². The van der Waals surface area contributed by atoms with Crippen LogP contribution in [0, 0.1) is 0 Å². The van der Waals surface area contributed by atoms with E-state index < -0.39 is 35.6 Å². The summed E-state index contributed by atoms with van der Waals surface area (Å²) in [5, 5.41) is 58.2. The lowest BCUT2D eigenvalue weighted by atomic mass is 9.68. The van der Waals surface area contributed by atoms with Gasteiger partial charge in [-0.05, 0) is 19.3 Å². The summed E-state index contributed by atoms with van der Waals surface area (Å²) in [6, 6.07) is 0. The van der Waals surface area contributed by atoms with Crippen molar-refractivity contribution in [1.29, 1.82) is 0 Å². The zero-order valence-corrected chi connectivity index (χ0v) is 8.11. The van der Waals surface area contributed by atoms with Crippen molar-refractivity contribution in [2.75, 3.05) is 0 Å². The molecule has 0 radical (unpaired) electrons. The minimum Gasteiger partial charge on any atom is -0.387 e. The molecule has 2 aliphatic carbocycles. The predicted octanol–water partition coefficient (Wildman–Crippen LogP) is -2.91. The molecule has 0 aromatic heterocycles. The summed E-state index contributed by atoms with van der Waals surface area (Å²) in [7, 11) is 0. The molecule has 6 heteroatoms. The molecule has 2 saturated carbocycles. The molecule has 0 heterocycles. The number of rotatable bonds is 0. The van der Waals surface area contributed by atoms with Crippen molar-refractivity contribution < 1.29 is 30.6 Å². The maximum Gasteiger partial charge on any atom is 0.124 e. The minimum absolute atomic E-state index is 0.0888. The smallest absolute Gasteiger partial charge is 0.124 e. The molecule has 0 aromatic rings. The van der Waals surface area contributed by atoms with Gasteiger partial charge in [0.1, 0.15) is 35.6 Å². The summed E-state index contributed by atoms with van der Waals surface area (Å²) >= 11 is 0. The normalized spacial score (nSPS) is 60.4. The van der Waals surface area contributed by atoms with Gasteiger partial charge in [0.25, 0.3) is 0 Å². The molecule has 6 N–H and O–H groups in total. The Morgan fingerprint density at radius 3 is 1.40 bits per heavy atom. The van der Waals surface area contributed by atoms with Crippen LogP contribution in [0.1, 0.15) is 19.3 Å². The molecule has 2 rings (SSSR count). The van der Waals surface area contributed by atoms with Crippen LogP contribution >= 0.6 is 0 Å². The predicted molar refractivity (Wildman–Crippen MR) is 47.8 cm³/mol. The second-order valence-corrected chi connectivity index (χ2v) is 4.57. The highest BCUT2D eigenvalue weighted by Crippen LogP contribution is 2.48. The Kier molecular flexibility index (Phi) is 2.35. The number of aliphatic hydroxyl groups excluding tert-OH is 4. The Bertz CT molecular complexity index is 245. The lowest BCUT2D eigenvalue weighted by Gasteiger charge is -2.51. The van der Waals surface area contributed by atoms with Gasteiger partial charge in [0.05, 0.1) is 0 Å². The number of aliphatic hydroxyl groups is 6. The van der Waals surface area contributed by atoms with Crippen molar-refractivity contribution in [3.8, 4) is 0 Å². The highest BCUT2D eigenvalue weighted by molar-refractivity contribution is 5.19. The van der Waals surface area contributed by atoms with Crippen LogP contribution in [-0.2, 0) is 0 Å². The van der Waals surface area contributed by atoms with Crippen molar-refractivity contribution in [2.24, 2.45) is 0 Å². The topological polar surface area (TPSA) is 121 Å². The maximum atomic E-state index is 10.1. The second-order valence-electron chi connectivity index (χ2n) is 4.57. The fourth-order valence-electron chi connectivity index (χ4n) is 2.81. The summed E-state index contributed by atoms with van der Waals surface area (Å²) in [5.41, 5.74) is -3.88. The van der Waals surface area contributed by atoms with Crippen molar-refractivity contribution >= 4 is 0 Å². The molecule has 88 valence electrons. The molecule has 0 aromatic carbocycles. The summed E-state index contributed by atoms with van der Waals surface area (Å²) in [5.74, 6) is 0. The van der Waals surface area contributed by atoms with Gasteiger partial charge in [0.2, 0.25) is 0 Å². The molecule has 6 nitrogen and oxygen atoms in total. The summed E-state index contributed by atoms with van der Waals surface area (Å²) < 4.78 is 0. The lowest BCUT2D eigenvalue weighted by molar-refractivity contribution is -0.300. The van der Waals surface area contributed by atoms with Crippen LogP contribution in [0.15, 0.2) is 0 Å². The van der Waals surface area contributed by atoms with Gasteiger partial charge in [0.15, 0.2) is 0 Å². The molecule has 0 saturated heterocycles. The van der Waals surface area contributed by atoms with E-state index in [2.05, 4.69) is 0 Å². The summed E-state index contributed by atoms with van der Waals surface area (Å²) in [4.78, 5) is 0. The first-order valence-corrected chi connectivity index (χ1v) is 5.01. The van der Waals surface area contributed by atoms with Crippen molar-refractivity contribution in [3.05, 3.63) is 0 Å². The van der Waals surface area contributed by atoms with Gasteiger partial charge in [-0.2, -0.15) is 0 Å². The Morgan fingerprint density at radius 2 is 1.07 bits per heavy atom. The molecule has 2 fully saturated rings. The third-order valence-electron chi connectivity index (χ3n) is 3.84. The van der Waals surface area contributed by atoms with E-state index in [-0.39, 0.29) is 12.8 Å². The van der Waals surface area contributed by atoms with Crippen molar-refractivity contribution in [3.63, 3.8) is 0 Å². The summed E-state index contributed by atoms with van der Waals surface area (Å²) in [6.45, 7) is 0. The van der Waals surface area contributed by atoms with E-state index in [0.717, 1.165) is 0 Å². The molecule has 0 spiro atoms. The molecule has 6 atom stereocenters. The average molecular weight is 220 g/mol. The van der Waals surface area contributed by atoms with E-state index in [1.54, 1.807) is 0 Å². The third-order valence-corrected chi connectivity index (χ3v) is 3.84. The first kappa shape index (κ1) is 11.3. The average Bonchev–Trinajstić information content (AvgIpc) is 2.52. The standard InChI is InChI=1S/C9H16O6/c10-4-5(11)7(13)9(15)3-1-2-8(9,14)6(4)12/h4-7,10-15H,1-3H2/t4-,5+,6+,7-,8-,9-/m1/s1. The summed E-state index contributed by atoms with van der Waals surface area (Å²) in [6.07, 6.45) is -6.00. The number of hydrogen-bond donors (Lipinski definition) is 6. The van der Waals surface area contributed by atoms with Crippen LogP contribution < -0.4 is 0 Å². The van der Waals surface area contributed by atoms with Gasteiger partial charge in [-0.1, -0.05) is 0 Å². The van der Waals surface area contributed by atoms with E-state index in [1.165, 1.54) is 0 Å². The molecular weight excluding hydrogens is 204 g/mol. The molecule has 2 aliphatic rings. The SMILES string of the molecule is O[C@@H]1[C@H](O)[C@@H](O)[C@]2(O)CCC[C@@]2(O)[C@H]1O. The fraction of sp³-hybridized carbons (Fsp3) is 1.00. The number of fused-ring (bicyclic) bond motifs is 1. The molecule has 0 aliphatic heterocycles. The van der Waals surface area contributed by atoms with Gasteiger partial charge >= 0.3 is 0 Å². The van der Waals surface area contributed by atoms with E-state index in [4.69, 9.17) is 0 Å². The minimum atomic E-state index is -1.94. The monoisotopic (exact) mass is 220 g/mol. The maximum absolute atomic E-state index is 10.1. The highest BCUT2D eigenvalue weighted by Gasteiger charge is 2.68. The fourth-order valence-corrected chi connectivity index (χ4v) is 2.81. The van der Waals surface area contributed by atoms with Gasteiger partial charge in [-0.15, -0.1) is 0 Å². The molecule has 0 amide bonds. The molecular formula is C9H16O6. The Balaban J connectivity index is 2.43. The van der Waals surface area contributed by atoms with Crippen LogP contribution in [0.3, 0.4) is 0 Å². The Morgan fingerprint density at radius 1 is 0.733 bits per heavy atom. The highest BCUT2D eigenvalue weighted by atomic mass is 16.4. The molecule has 0 bridgehead atoms. The van der Waals surface area contributed by atoms with Gasteiger partial charge in [0, 0.05) is 0 Å².